The van der Waals surface area contributed by atoms with Crippen LogP contribution >= 0.6 is 0 Å². The zero-order valence-corrected chi connectivity index (χ0v) is 11.3. The summed E-state index contributed by atoms with van der Waals surface area (Å²) in [5.74, 6) is 0. The van der Waals surface area contributed by atoms with Gasteiger partial charge >= 0.3 is 0 Å². The maximum absolute atomic E-state index is 12.3. The molecule has 96 valence electrons. The number of H-pyrrole nitrogens is 1. The summed E-state index contributed by atoms with van der Waals surface area (Å²) in [6.07, 6.45) is 3.37. The van der Waals surface area contributed by atoms with Gasteiger partial charge in [0.05, 0.1) is 11.4 Å². The maximum Gasteiger partial charge on any atom is 0.246 e. The highest BCUT2D eigenvalue weighted by atomic mass is 32.2. The van der Waals surface area contributed by atoms with Gasteiger partial charge in [0.2, 0.25) is 10.0 Å². The molecule has 0 atom stereocenters. The van der Waals surface area contributed by atoms with Gasteiger partial charge in [-0.3, -0.25) is 5.10 Å². The van der Waals surface area contributed by atoms with Crippen LogP contribution in [0.1, 0.15) is 24.2 Å². The van der Waals surface area contributed by atoms with Gasteiger partial charge < -0.3 is 0 Å². The van der Waals surface area contributed by atoms with Crippen molar-refractivity contribution in [3.63, 3.8) is 0 Å². The molecule has 0 unspecified atom stereocenters. The first kappa shape index (κ1) is 13.9. The third kappa shape index (κ3) is 2.95. The predicted molar refractivity (Wildman–Crippen MR) is 67.3 cm³/mol. The van der Waals surface area contributed by atoms with Crippen LogP contribution in [0.3, 0.4) is 0 Å². The first-order chi connectivity index (χ1) is 7.91. The second-order valence-corrected chi connectivity index (χ2v) is 6.00. The number of aromatic nitrogens is 2. The van der Waals surface area contributed by atoms with Crippen molar-refractivity contribution < 1.29 is 8.42 Å². The Labute approximate surface area is 103 Å². The summed E-state index contributed by atoms with van der Waals surface area (Å²) in [5, 5.41) is 6.61. The van der Waals surface area contributed by atoms with Crippen LogP contribution < -0.4 is 0 Å². The lowest BCUT2D eigenvalue weighted by Gasteiger charge is -2.16. The third-order valence-electron chi connectivity index (χ3n) is 2.61. The fourth-order valence-electron chi connectivity index (χ4n) is 1.66. The molecule has 0 aliphatic heterocycles. The highest BCUT2D eigenvalue weighted by Gasteiger charge is 2.26. The van der Waals surface area contributed by atoms with E-state index in [0.29, 0.717) is 22.8 Å². The molecule has 1 rings (SSSR count). The maximum atomic E-state index is 12.3. The molecule has 1 aromatic rings. The van der Waals surface area contributed by atoms with Gasteiger partial charge in [-0.25, -0.2) is 12.7 Å². The molecule has 1 N–H and O–H groups in total. The van der Waals surface area contributed by atoms with Crippen molar-refractivity contribution >= 4 is 10.0 Å². The minimum atomic E-state index is -3.43. The summed E-state index contributed by atoms with van der Waals surface area (Å²) in [4.78, 5) is 0.290. The van der Waals surface area contributed by atoms with Crippen LogP contribution in [-0.2, 0) is 10.0 Å². The van der Waals surface area contributed by atoms with Crippen molar-refractivity contribution in [3.05, 3.63) is 24.0 Å². The Morgan fingerprint density at radius 3 is 2.59 bits per heavy atom. The van der Waals surface area contributed by atoms with Crippen molar-refractivity contribution in [2.45, 2.75) is 31.6 Å². The van der Waals surface area contributed by atoms with Crippen molar-refractivity contribution in [2.24, 2.45) is 0 Å². The van der Waals surface area contributed by atoms with Crippen LogP contribution in [0.15, 0.2) is 17.6 Å². The van der Waals surface area contributed by atoms with Gasteiger partial charge in [-0.15, -0.1) is 6.58 Å². The van der Waals surface area contributed by atoms with E-state index in [1.54, 1.807) is 27.0 Å². The van der Waals surface area contributed by atoms with E-state index in [9.17, 15) is 8.42 Å². The van der Waals surface area contributed by atoms with E-state index in [0.717, 1.165) is 12.8 Å². The fourth-order valence-corrected chi connectivity index (χ4v) is 3.19. The normalized spacial score (nSPS) is 12.0. The lowest BCUT2D eigenvalue weighted by Crippen LogP contribution is -2.28. The lowest BCUT2D eigenvalue weighted by atomic mass is 10.3. The Morgan fingerprint density at radius 2 is 2.12 bits per heavy atom. The van der Waals surface area contributed by atoms with Gasteiger partial charge in [0, 0.05) is 13.6 Å². The number of unbranched alkanes of at least 4 members (excludes halogenated alkanes) is 1. The summed E-state index contributed by atoms with van der Waals surface area (Å²) >= 11 is 0. The number of rotatable bonds is 6. The molecule has 6 heteroatoms. The monoisotopic (exact) mass is 257 g/mol. The Bertz CT molecular complexity index is 471. The molecule has 0 amide bonds. The number of aryl methyl sites for hydroxylation is 2. The van der Waals surface area contributed by atoms with E-state index in [4.69, 9.17) is 0 Å². The number of aromatic amines is 1. The van der Waals surface area contributed by atoms with Crippen LogP contribution in [-0.4, -0.2) is 36.5 Å². The molecule has 0 saturated carbocycles. The van der Waals surface area contributed by atoms with E-state index < -0.39 is 10.0 Å². The topological polar surface area (TPSA) is 66.1 Å². The van der Waals surface area contributed by atoms with E-state index in [-0.39, 0.29) is 0 Å². The number of allylic oxidation sites excluding steroid dienone is 1. The third-order valence-corrected chi connectivity index (χ3v) is 4.73. The average molecular weight is 257 g/mol. The Hall–Kier alpha value is -1.14. The van der Waals surface area contributed by atoms with Gasteiger partial charge in [0.25, 0.3) is 0 Å². The summed E-state index contributed by atoms with van der Waals surface area (Å²) < 4.78 is 25.9. The Morgan fingerprint density at radius 1 is 1.47 bits per heavy atom. The second-order valence-electron chi connectivity index (χ2n) is 4.02. The van der Waals surface area contributed by atoms with Crippen LogP contribution in [0.25, 0.3) is 0 Å². The molecule has 1 aromatic heterocycles. The molecule has 5 nitrogen and oxygen atoms in total. The minimum Gasteiger partial charge on any atom is -0.281 e. The molecule has 0 saturated heterocycles. The highest BCUT2D eigenvalue weighted by Crippen LogP contribution is 2.20. The number of hydrogen-bond acceptors (Lipinski definition) is 3. The number of nitrogens with zero attached hydrogens (tertiary/aromatic N) is 2. The molecule has 17 heavy (non-hydrogen) atoms. The largest absolute Gasteiger partial charge is 0.281 e. The smallest absolute Gasteiger partial charge is 0.246 e. The summed E-state index contributed by atoms with van der Waals surface area (Å²) in [5.41, 5.74) is 1.09. The summed E-state index contributed by atoms with van der Waals surface area (Å²) in [7, 11) is -1.84. The van der Waals surface area contributed by atoms with E-state index in [1.807, 2.05) is 0 Å². The van der Waals surface area contributed by atoms with E-state index >= 15 is 0 Å². The van der Waals surface area contributed by atoms with Crippen LogP contribution in [0.5, 0.6) is 0 Å². The standard InChI is InChI=1S/C11H19N3O2S/c1-5-6-7-8-14(4)17(15,16)11-9(2)12-13-10(11)3/h5H,1,6-8H2,2-4H3,(H,12,13). The van der Waals surface area contributed by atoms with Gasteiger partial charge in [-0.1, -0.05) is 6.08 Å². The number of nitrogens with one attached hydrogen (secondary N) is 1. The van der Waals surface area contributed by atoms with Gasteiger partial charge in [0.15, 0.2) is 0 Å². The zero-order valence-electron chi connectivity index (χ0n) is 10.5. The minimum absolute atomic E-state index is 0.290. The van der Waals surface area contributed by atoms with Crippen LogP contribution in [0.2, 0.25) is 0 Å². The van der Waals surface area contributed by atoms with Gasteiger partial charge in [0.1, 0.15) is 4.90 Å². The second kappa shape index (κ2) is 5.46. The van der Waals surface area contributed by atoms with Crippen molar-refractivity contribution in [3.8, 4) is 0 Å². The van der Waals surface area contributed by atoms with Crippen LogP contribution in [0, 0.1) is 13.8 Å². The molecule has 0 spiro atoms. The van der Waals surface area contributed by atoms with Gasteiger partial charge in [-0.2, -0.15) is 5.10 Å². The van der Waals surface area contributed by atoms with Crippen molar-refractivity contribution in [1.29, 1.82) is 0 Å². The molecule has 0 aliphatic carbocycles. The lowest BCUT2D eigenvalue weighted by molar-refractivity contribution is 0.462. The SMILES string of the molecule is C=CCCCN(C)S(=O)(=O)c1c(C)n[nH]c1C. The summed E-state index contributed by atoms with van der Waals surface area (Å²) in [6.45, 7) is 7.50. The molecule has 0 bridgehead atoms. The number of hydrogen-bond donors (Lipinski definition) is 1. The molecule has 0 aromatic carbocycles. The average Bonchev–Trinajstić information content (AvgIpc) is 2.59. The van der Waals surface area contributed by atoms with E-state index in [1.165, 1.54) is 4.31 Å². The van der Waals surface area contributed by atoms with E-state index in [2.05, 4.69) is 16.8 Å². The predicted octanol–water partition coefficient (Wildman–Crippen LogP) is 1.61. The highest BCUT2D eigenvalue weighted by molar-refractivity contribution is 7.89. The molecule has 0 fully saturated rings. The molecular formula is C11H19N3O2S. The fraction of sp³-hybridized carbons (Fsp3) is 0.545. The summed E-state index contributed by atoms with van der Waals surface area (Å²) in [6, 6.07) is 0. The number of sulfonamides is 1. The molecular weight excluding hydrogens is 238 g/mol. The van der Waals surface area contributed by atoms with Crippen molar-refractivity contribution in [1.82, 2.24) is 14.5 Å². The Kier molecular flexibility index (Phi) is 4.47. The molecule has 0 aliphatic rings. The van der Waals surface area contributed by atoms with Crippen molar-refractivity contribution in [2.75, 3.05) is 13.6 Å². The zero-order chi connectivity index (χ0) is 13.1. The van der Waals surface area contributed by atoms with Crippen LogP contribution in [0.4, 0.5) is 0 Å². The van der Waals surface area contributed by atoms with Gasteiger partial charge in [-0.05, 0) is 26.7 Å². The molecule has 0 radical (unpaired) electrons. The molecule has 1 heterocycles. The first-order valence-corrected chi connectivity index (χ1v) is 6.94. The first-order valence-electron chi connectivity index (χ1n) is 5.50. The quantitative estimate of drug-likeness (QED) is 0.622. The Balaban J connectivity index is 2.91.